The van der Waals surface area contributed by atoms with Crippen molar-refractivity contribution >= 4 is 34.8 Å². The fourth-order valence-electron chi connectivity index (χ4n) is 4.02. The number of anilines is 1. The summed E-state index contributed by atoms with van der Waals surface area (Å²) in [6.07, 6.45) is 1.39. The maximum absolute atomic E-state index is 13.6. The third kappa shape index (κ3) is 4.40. The number of benzene rings is 2. The predicted octanol–water partition coefficient (Wildman–Crippen LogP) is 2.48. The number of fused-ring (bicyclic) bond motifs is 1. The number of allylic oxidation sites excluding steroid dienone is 1. The lowest BCUT2D eigenvalue weighted by Gasteiger charge is -2.25. The lowest BCUT2D eigenvalue weighted by molar-refractivity contribution is -0.385. The van der Waals surface area contributed by atoms with E-state index >= 15 is 0 Å². The molecule has 1 aliphatic heterocycles. The van der Waals surface area contributed by atoms with Crippen LogP contribution in [0.5, 0.6) is 5.75 Å². The summed E-state index contributed by atoms with van der Waals surface area (Å²) in [4.78, 5) is 43.9. The molecule has 0 spiro atoms. The summed E-state index contributed by atoms with van der Waals surface area (Å²) in [5.74, 6) is -1.10. The van der Waals surface area contributed by atoms with Crippen LogP contribution in [0.4, 0.5) is 11.4 Å². The van der Waals surface area contributed by atoms with Gasteiger partial charge in [-0.1, -0.05) is 35.6 Å². The molecule has 0 amide bonds. The number of rotatable bonds is 6. The molecule has 1 N–H and O–H groups in total. The molecule has 2 heterocycles. The molecular formula is C25H24N4O6S. The predicted molar refractivity (Wildman–Crippen MR) is 136 cm³/mol. The van der Waals surface area contributed by atoms with Crippen molar-refractivity contribution in [3.63, 3.8) is 0 Å². The zero-order chi connectivity index (χ0) is 26.1. The number of nitrogens with zero attached hydrogens (tertiary/aromatic N) is 4. The number of phenols is 1. The van der Waals surface area contributed by atoms with Crippen molar-refractivity contribution in [3.05, 3.63) is 94.7 Å². The number of thiazole rings is 1. The summed E-state index contributed by atoms with van der Waals surface area (Å²) in [6.45, 7) is 3.56. The lowest BCUT2D eigenvalue weighted by Crippen LogP contribution is -2.39. The second-order valence-electron chi connectivity index (χ2n) is 8.26. The van der Waals surface area contributed by atoms with Crippen LogP contribution in [0, 0.1) is 10.1 Å². The molecule has 1 atom stereocenters. The van der Waals surface area contributed by atoms with Crippen molar-refractivity contribution in [2.24, 2.45) is 4.99 Å². The number of carbonyl (C=O) groups excluding carboxylic acids is 1. The largest absolute Gasteiger partial charge is 0.502 e. The van der Waals surface area contributed by atoms with Gasteiger partial charge in [0, 0.05) is 31.4 Å². The van der Waals surface area contributed by atoms with Gasteiger partial charge in [0.25, 0.3) is 5.56 Å². The molecule has 1 unspecified atom stereocenters. The minimum Gasteiger partial charge on any atom is -0.502 e. The minimum atomic E-state index is -0.780. The highest BCUT2D eigenvalue weighted by Gasteiger charge is 2.33. The van der Waals surface area contributed by atoms with E-state index in [9.17, 15) is 24.8 Å². The molecular weight excluding hydrogens is 484 g/mol. The second-order valence-corrected chi connectivity index (χ2v) is 9.27. The molecule has 0 fully saturated rings. The van der Waals surface area contributed by atoms with Crippen molar-refractivity contribution in [2.45, 2.75) is 19.9 Å². The number of ether oxygens (including phenoxy) is 1. The number of phenolic OH excluding ortho intramolecular Hbond substituents is 1. The molecule has 3 aromatic rings. The van der Waals surface area contributed by atoms with Gasteiger partial charge in [0.05, 0.1) is 33.4 Å². The molecule has 0 aliphatic carbocycles. The molecule has 11 heteroatoms. The van der Waals surface area contributed by atoms with Crippen LogP contribution in [0.3, 0.4) is 0 Å². The number of hydrogen-bond donors (Lipinski definition) is 1. The SMILES string of the molecule is CCOC(=O)C1=C(C)N=c2s/c(=C/c3cccc([N+](=O)[O-])c3O)c(=O)n2C1c1ccc(N(C)C)cc1. The van der Waals surface area contributed by atoms with Gasteiger partial charge in [0.15, 0.2) is 4.80 Å². The number of aromatic nitrogens is 1. The Kier molecular flexibility index (Phi) is 6.75. The first kappa shape index (κ1) is 24.9. The van der Waals surface area contributed by atoms with Gasteiger partial charge in [0.2, 0.25) is 5.75 Å². The van der Waals surface area contributed by atoms with Crippen LogP contribution in [-0.4, -0.2) is 41.3 Å². The standard InChI is InChI=1S/C25H24N4O6S/c1-5-35-24(32)20-14(2)26-25-28(21(20)15-9-11-17(12-10-15)27(3)4)23(31)19(36-25)13-16-7-6-8-18(22(16)30)29(33)34/h6-13,21,30H,5H2,1-4H3/b19-13+. The Morgan fingerprint density at radius 1 is 1.28 bits per heavy atom. The summed E-state index contributed by atoms with van der Waals surface area (Å²) >= 11 is 1.07. The first-order chi connectivity index (χ1) is 17.1. The number of nitro benzene ring substituents is 1. The van der Waals surface area contributed by atoms with E-state index in [2.05, 4.69) is 4.99 Å². The van der Waals surface area contributed by atoms with E-state index in [0.29, 0.717) is 16.1 Å². The van der Waals surface area contributed by atoms with E-state index < -0.39 is 33.9 Å². The van der Waals surface area contributed by atoms with Crippen molar-refractivity contribution in [2.75, 3.05) is 25.6 Å². The normalized spacial score (nSPS) is 15.3. The molecule has 0 bridgehead atoms. The molecule has 1 aliphatic rings. The fourth-order valence-corrected chi connectivity index (χ4v) is 5.05. The Bertz CT molecular complexity index is 1570. The third-order valence-corrected chi connectivity index (χ3v) is 6.75. The van der Waals surface area contributed by atoms with Gasteiger partial charge in [-0.3, -0.25) is 19.5 Å². The number of aromatic hydroxyl groups is 1. The van der Waals surface area contributed by atoms with Gasteiger partial charge in [-0.2, -0.15) is 0 Å². The first-order valence-corrected chi connectivity index (χ1v) is 11.9. The van der Waals surface area contributed by atoms with Gasteiger partial charge in [-0.25, -0.2) is 9.79 Å². The van der Waals surface area contributed by atoms with Crippen LogP contribution in [0.25, 0.3) is 6.08 Å². The molecule has 36 heavy (non-hydrogen) atoms. The zero-order valence-electron chi connectivity index (χ0n) is 20.1. The molecule has 10 nitrogen and oxygen atoms in total. The number of carbonyl (C=O) groups is 1. The van der Waals surface area contributed by atoms with Crippen molar-refractivity contribution in [1.29, 1.82) is 0 Å². The minimum absolute atomic E-state index is 0.127. The topological polar surface area (TPSA) is 127 Å². The van der Waals surface area contributed by atoms with E-state index in [4.69, 9.17) is 4.74 Å². The Hall–Kier alpha value is -4.25. The number of para-hydroxylation sites is 1. The van der Waals surface area contributed by atoms with Crippen molar-refractivity contribution in [3.8, 4) is 5.75 Å². The summed E-state index contributed by atoms with van der Waals surface area (Å²) in [5, 5.41) is 21.6. The molecule has 1 aromatic heterocycles. The lowest BCUT2D eigenvalue weighted by atomic mass is 9.95. The van der Waals surface area contributed by atoms with Crippen molar-refractivity contribution in [1.82, 2.24) is 4.57 Å². The van der Waals surface area contributed by atoms with Crippen LogP contribution in [-0.2, 0) is 9.53 Å². The molecule has 0 saturated carbocycles. The van der Waals surface area contributed by atoms with Gasteiger partial charge in [-0.15, -0.1) is 0 Å². The summed E-state index contributed by atoms with van der Waals surface area (Å²) in [6, 6.07) is 10.8. The highest BCUT2D eigenvalue weighted by molar-refractivity contribution is 7.07. The Morgan fingerprint density at radius 2 is 1.97 bits per heavy atom. The maximum atomic E-state index is 13.6. The Labute approximate surface area is 209 Å². The van der Waals surface area contributed by atoms with Crippen LogP contribution in [0.2, 0.25) is 0 Å². The zero-order valence-corrected chi connectivity index (χ0v) is 20.9. The fraction of sp³-hybridized carbons (Fsp3) is 0.240. The summed E-state index contributed by atoms with van der Waals surface area (Å²) in [5.41, 5.74) is 1.56. The highest BCUT2D eigenvalue weighted by atomic mass is 32.1. The van der Waals surface area contributed by atoms with E-state index in [1.54, 1.807) is 13.8 Å². The van der Waals surface area contributed by atoms with Crippen LogP contribution < -0.4 is 19.8 Å². The van der Waals surface area contributed by atoms with Gasteiger partial charge in [0.1, 0.15) is 0 Å². The Morgan fingerprint density at radius 3 is 2.58 bits per heavy atom. The first-order valence-electron chi connectivity index (χ1n) is 11.1. The molecule has 0 radical (unpaired) electrons. The summed E-state index contributed by atoms with van der Waals surface area (Å²) in [7, 11) is 3.82. The second kappa shape index (κ2) is 9.78. The number of esters is 1. The van der Waals surface area contributed by atoms with E-state index in [-0.39, 0.29) is 22.3 Å². The van der Waals surface area contributed by atoms with Gasteiger partial charge in [-0.05, 0) is 37.6 Å². The smallest absolute Gasteiger partial charge is 0.338 e. The molecule has 4 rings (SSSR count). The van der Waals surface area contributed by atoms with E-state index in [1.165, 1.54) is 28.8 Å². The summed E-state index contributed by atoms with van der Waals surface area (Å²) < 4.78 is 6.92. The van der Waals surface area contributed by atoms with E-state index in [0.717, 1.165) is 17.0 Å². The number of hydrogen-bond acceptors (Lipinski definition) is 9. The average Bonchev–Trinajstić information content (AvgIpc) is 3.13. The van der Waals surface area contributed by atoms with Crippen molar-refractivity contribution < 1.29 is 19.6 Å². The maximum Gasteiger partial charge on any atom is 0.338 e. The monoisotopic (exact) mass is 508 g/mol. The number of nitro groups is 1. The van der Waals surface area contributed by atoms with Crippen LogP contribution >= 0.6 is 11.3 Å². The average molecular weight is 509 g/mol. The quantitative estimate of drug-likeness (QED) is 0.308. The van der Waals surface area contributed by atoms with Gasteiger partial charge >= 0.3 is 11.7 Å². The van der Waals surface area contributed by atoms with Crippen LogP contribution in [0.15, 0.2) is 63.5 Å². The van der Waals surface area contributed by atoms with E-state index in [1.807, 2.05) is 43.3 Å². The molecule has 2 aromatic carbocycles. The van der Waals surface area contributed by atoms with Crippen LogP contribution in [0.1, 0.15) is 31.0 Å². The molecule has 186 valence electrons. The highest BCUT2D eigenvalue weighted by Crippen LogP contribution is 2.32. The third-order valence-electron chi connectivity index (χ3n) is 5.77. The Balaban J connectivity index is 1.95. The van der Waals surface area contributed by atoms with Gasteiger partial charge < -0.3 is 14.7 Å². The molecule has 0 saturated heterocycles.